The summed E-state index contributed by atoms with van der Waals surface area (Å²) in [5.41, 5.74) is 1.57. The monoisotopic (exact) mass is 350 g/mol. The van der Waals surface area contributed by atoms with Crippen LogP contribution < -0.4 is 0 Å². The molecule has 2 atom stereocenters. The molecule has 0 radical (unpaired) electrons. The highest BCUT2D eigenvalue weighted by Crippen LogP contribution is 2.66. The van der Waals surface area contributed by atoms with Crippen LogP contribution in [0.25, 0.3) is 0 Å². The number of hydrogen-bond acceptors (Lipinski definition) is 6. The molecule has 0 heterocycles. The summed E-state index contributed by atoms with van der Waals surface area (Å²) in [6.45, 7) is 3.96. The first-order valence-corrected chi connectivity index (χ1v) is 8.42. The molecule has 2 unspecified atom stereocenters. The van der Waals surface area contributed by atoms with Gasteiger partial charge in [0.2, 0.25) is 5.75 Å². The highest BCUT2D eigenvalue weighted by atomic mass is 16.3. The van der Waals surface area contributed by atoms with Crippen LogP contribution >= 0.6 is 0 Å². The summed E-state index contributed by atoms with van der Waals surface area (Å²) in [6, 6.07) is 8.88. The van der Waals surface area contributed by atoms with Gasteiger partial charge in [0.15, 0.2) is 11.5 Å². The molecule has 1 spiro atoms. The van der Waals surface area contributed by atoms with Gasteiger partial charge >= 0.3 is 0 Å². The molecule has 132 valence electrons. The van der Waals surface area contributed by atoms with Gasteiger partial charge in [0.05, 0.1) is 12.0 Å². The second-order valence-corrected chi connectivity index (χ2v) is 7.88. The minimum Gasteiger partial charge on any atom is -0.504 e. The van der Waals surface area contributed by atoms with Crippen LogP contribution in [0.4, 0.5) is 5.69 Å². The predicted molar refractivity (Wildman–Crippen MR) is 94.7 cm³/mol. The molecule has 0 aromatic heterocycles. The minimum absolute atomic E-state index is 0.246. The Morgan fingerprint density at radius 1 is 1.19 bits per heavy atom. The van der Waals surface area contributed by atoms with E-state index in [0.29, 0.717) is 29.5 Å². The van der Waals surface area contributed by atoms with E-state index in [1.165, 1.54) is 6.07 Å². The first-order chi connectivity index (χ1) is 12.3. The van der Waals surface area contributed by atoms with Crippen LogP contribution in [-0.4, -0.2) is 15.3 Å². The van der Waals surface area contributed by atoms with E-state index >= 15 is 0 Å². The molecule has 2 aliphatic rings. The Morgan fingerprint density at radius 3 is 2.58 bits per heavy atom. The molecule has 3 N–H and O–H groups in total. The molecule has 4 rings (SSSR count). The maximum Gasteiger partial charge on any atom is 0.200 e. The normalized spacial score (nSPS) is 24.9. The van der Waals surface area contributed by atoms with Crippen molar-refractivity contribution in [1.82, 2.24) is 0 Å². The van der Waals surface area contributed by atoms with Crippen LogP contribution in [-0.2, 0) is 10.8 Å². The van der Waals surface area contributed by atoms with Crippen molar-refractivity contribution < 1.29 is 15.3 Å². The van der Waals surface area contributed by atoms with Crippen molar-refractivity contribution in [2.45, 2.75) is 43.4 Å². The smallest absolute Gasteiger partial charge is 0.200 e. The molecule has 6 heteroatoms. The van der Waals surface area contributed by atoms with Gasteiger partial charge in [-0.15, -0.1) is 4.91 Å². The summed E-state index contributed by atoms with van der Waals surface area (Å²) in [7, 11) is 0. The van der Waals surface area contributed by atoms with Gasteiger partial charge in [-0.05, 0) is 52.3 Å². The van der Waals surface area contributed by atoms with Crippen LogP contribution in [0.3, 0.4) is 0 Å². The number of nitriles is 1. The van der Waals surface area contributed by atoms with Crippen LogP contribution in [0.15, 0.2) is 29.4 Å². The lowest BCUT2D eigenvalue weighted by molar-refractivity contribution is 0.355. The summed E-state index contributed by atoms with van der Waals surface area (Å²) in [6.07, 6.45) is 0.920. The maximum atomic E-state index is 11.5. The van der Waals surface area contributed by atoms with Crippen molar-refractivity contribution >= 4 is 5.69 Å². The lowest BCUT2D eigenvalue weighted by Crippen LogP contribution is -2.25. The van der Waals surface area contributed by atoms with Gasteiger partial charge in [-0.2, -0.15) is 5.26 Å². The van der Waals surface area contributed by atoms with E-state index in [1.54, 1.807) is 12.1 Å². The van der Waals surface area contributed by atoms with Gasteiger partial charge in [-0.1, -0.05) is 26.0 Å². The van der Waals surface area contributed by atoms with Gasteiger partial charge in [0.25, 0.3) is 0 Å². The average Bonchev–Trinajstić information content (AvgIpc) is 3.04. The summed E-state index contributed by atoms with van der Waals surface area (Å²) < 4.78 is 0. The number of aromatic hydroxyl groups is 3. The maximum absolute atomic E-state index is 11.5. The van der Waals surface area contributed by atoms with E-state index in [1.807, 2.05) is 19.9 Å². The average molecular weight is 350 g/mol. The fourth-order valence-electron chi connectivity index (χ4n) is 5.11. The van der Waals surface area contributed by atoms with Crippen molar-refractivity contribution in [2.75, 3.05) is 0 Å². The number of fused-ring (bicyclic) bond motifs is 4. The summed E-state index contributed by atoms with van der Waals surface area (Å²) in [5, 5.41) is 43.6. The van der Waals surface area contributed by atoms with Gasteiger partial charge in [0.1, 0.15) is 5.69 Å². The number of nitrogens with zero attached hydrogens (tertiary/aromatic N) is 2. The zero-order chi connectivity index (χ0) is 18.9. The standard InChI is InChI=1S/C20H18N2O4/c1-19(2)9-20(16-12(19)6-14(23)17(24)18(16)25)7-10(8-21)11-4-3-5-13(22-26)15(11)20/h3-6,10,23-25H,7,9H2,1-2H3. The van der Waals surface area contributed by atoms with E-state index in [4.69, 9.17) is 0 Å². The van der Waals surface area contributed by atoms with E-state index in [-0.39, 0.29) is 11.4 Å². The van der Waals surface area contributed by atoms with Gasteiger partial charge in [-0.25, -0.2) is 0 Å². The molecule has 0 fully saturated rings. The van der Waals surface area contributed by atoms with Gasteiger partial charge in [-0.3, -0.25) is 0 Å². The summed E-state index contributed by atoms with van der Waals surface area (Å²) in [5.74, 6) is -1.80. The van der Waals surface area contributed by atoms with Gasteiger partial charge in [0, 0.05) is 11.0 Å². The molecule has 0 amide bonds. The quantitative estimate of drug-likeness (QED) is 0.527. The highest BCUT2D eigenvalue weighted by molar-refractivity contribution is 5.72. The van der Waals surface area contributed by atoms with E-state index in [2.05, 4.69) is 11.2 Å². The Bertz CT molecular complexity index is 1010. The molecule has 0 bridgehead atoms. The van der Waals surface area contributed by atoms with Crippen LogP contribution in [0.1, 0.15) is 54.9 Å². The van der Waals surface area contributed by atoms with Crippen LogP contribution in [0, 0.1) is 16.2 Å². The molecule has 26 heavy (non-hydrogen) atoms. The molecule has 0 saturated heterocycles. The topological polar surface area (TPSA) is 114 Å². The van der Waals surface area contributed by atoms with E-state index in [0.717, 1.165) is 5.56 Å². The van der Waals surface area contributed by atoms with Crippen molar-refractivity contribution in [3.63, 3.8) is 0 Å². The Hall–Kier alpha value is -3.07. The number of benzene rings is 2. The zero-order valence-corrected chi connectivity index (χ0v) is 14.4. The molecule has 2 aromatic rings. The van der Waals surface area contributed by atoms with Crippen LogP contribution in [0.5, 0.6) is 17.2 Å². The van der Waals surface area contributed by atoms with E-state index in [9.17, 15) is 25.5 Å². The fourth-order valence-corrected chi connectivity index (χ4v) is 5.11. The predicted octanol–water partition coefficient (Wildman–Crippen LogP) is 4.18. The van der Waals surface area contributed by atoms with Crippen LogP contribution in [0.2, 0.25) is 0 Å². The Morgan fingerprint density at radius 2 is 1.92 bits per heavy atom. The Kier molecular flexibility index (Phi) is 3.14. The number of phenols is 3. The minimum atomic E-state index is -0.811. The lowest BCUT2D eigenvalue weighted by Gasteiger charge is -2.29. The molecule has 6 nitrogen and oxygen atoms in total. The summed E-state index contributed by atoms with van der Waals surface area (Å²) >= 11 is 0. The Balaban J connectivity index is 2.14. The highest BCUT2D eigenvalue weighted by Gasteiger charge is 2.57. The second kappa shape index (κ2) is 4.98. The van der Waals surface area contributed by atoms with E-state index < -0.39 is 28.2 Å². The number of rotatable bonds is 1. The summed E-state index contributed by atoms with van der Waals surface area (Å²) in [4.78, 5) is 11.5. The second-order valence-electron chi connectivity index (χ2n) is 7.88. The fraction of sp³-hybridized carbons (Fsp3) is 0.350. The molecule has 0 saturated carbocycles. The zero-order valence-electron chi connectivity index (χ0n) is 14.4. The van der Waals surface area contributed by atoms with Crippen molar-refractivity contribution in [3.05, 3.63) is 51.4 Å². The first-order valence-electron chi connectivity index (χ1n) is 8.42. The number of hydrogen-bond donors (Lipinski definition) is 3. The van der Waals surface area contributed by atoms with Crippen molar-refractivity contribution in [1.29, 1.82) is 5.26 Å². The molecule has 0 aliphatic heterocycles. The largest absolute Gasteiger partial charge is 0.504 e. The molecular weight excluding hydrogens is 332 g/mol. The molecule has 2 aliphatic carbocycles. The first kappa shape index (κ1) is 16.4. The number of phenolic OH excluding ortho intramolecular Hbond substituents is 3. The third kappa shape index (κ3) is 1.80. The van der Waals surface area contributed by atoms with Crippen molar-refractivity contribution in [3.8, 4) is 23.3 Å². The third-order valence-corrected chi connectivity index (χ3v) is 5.94. The number of nitroso groups, excluding NO2 is 1. The van der Waals surface area contributed by atoms with Gasteiger partial charge < -0.3 is 15.3 Å². The van der Waals surface area contributed by atoms with Crippen molar-refractivity contribution in [2.24, 2.45) is 5.18 Å². The Labute approximate surface area is 150 Å². The SMILES string of the molecule is CC1(C)CC2(CC(C#N)c3cccc(N=O)c32)c2c1cc(O)c(O)c2O. The molecular formula is C20H18N2O4. The molecule has 2 aromatic carbocycles. The lowest BCUT2D eigenvalue weighted by atomic mass is 9.73. The third-order valence-electron chi connectivity index (χ3n) is 5.94.